The van der Waals surface area contributed by atoms with Crippen LogP contribution in [0.3, 0.4) is 0 Å². The molecule has 0 spiro atoms. The number of carbonyl (C=O) groups is 2. The number of anilines is 3. The SMILES string of the molecule is CC(C)Nc1cccnc1N1CCN(C(=O)c2ccc(C(=O)N3CCN(c4ccccc4Cl)CC3)cc2)CC1. The van der Waals surface area contributed by atoms with E-state index in [0.29, 0.717) is 56.4 Å². The van der Waals surface area contributed by atoms with Crippen molar-refractivity contribution in [2.45, 2.75) is 19.9 Å². The molecule has 204 valence electrons. The number of halogens is 1. The van der Waals surface area contributed by atoms with Gasteiger partial charge in [-0.1, -0.05) is 23.7 Å². The topological polar surface area (TPSA) is 72.0 Å². The van der Waals surface area contributed by atoms with Gasteiger partial charge in [-0.2, -0.15) is 0 Å². The van der Waals surface area contributed by atoms with Crippen molar-refractivity contribution in [1.82, 2.24) is 14.8 Å². The van der Waals surface area contributed by atoms with Gasteiger partial charge in [-0.3, -0.25) is 9.59 Å². The van der Waals surface area contributed by atoms with Crippen molar-refractivity contribution in [2.75, 3.05) is 67.5 Å². The van der Waals surface area contributed by atoms with Gasteiger partial charge in [0.05, 0.1) is 16.4 Å². The largest absolute Gasteiger partial charge is 0.380 e. The Balaban J connectivity index is 1.15. The number of para-hydroxylation sites is 1. The summed E-state index contributed by atoms with van der Waals surface area (Å²) in [5, 5.41) is 4.18. The second-order valence-corrected chi connectivity index (χ2v) is 10.7. The van der Waals surface area contributed by atoms with Crippen molar-refractivity contribution in [3.05, 3.63) is 83.0 Å². The fraction of sp³-hybridized carbons (Fsp3) is 0.367. The lowest BCUT2D eigenvalue weighted by Crippen LogP contribution is -2.49. The summed E-state index contributed by atoms with van der Waals surface area (Å²) in [5.41, 5.74) is 3.21. The molecule has 3 heterocycles. The minimum atomic E-state index is -0.0115. The summed E-state index contributed by atoms with van der Waals surface area (Å²) in [7, 11) is 0. The average Bonchev–Trinajstić information content (AvgIpc) is 2.97. The number of amides is 2. The highest BCUT2D eigenvalue weighted by Gasteiger charge is 2.26. The molecule has 5 rings (SSSR count). The van der Waals surface area contributed by atoms with E-state index in [-0.39, 0.29) is 11.8 Å². The smallest absolute Gasteiger partial charge is 0.253 e. The maximum atomic E-state index is 13.2. The molecule has 39 heavy (non-hydrogen) atoms. The molecule has 3 aromatic rings. The Bertz CT molecular complexity index is 1300. The second-order valence-electron chi connectivity index (χ2n) is 10.3. The number of nitrogens with one attached hydrogen (secondary N) is 1. The Morgan fingerprint density at radius 3 is 1.82 bits per heavy atom. The van der Waals surface area contributed by atoms with E-state index in [4.69, 9.17) is 11.6 Å². The summed E-state index contributed by atoms with van der Waals surface area (Å²) >= 11 is 6.35. The highest BCUT2D eigenvalue weighted by molar-refractivity contribution is 6.33. The van der Waals surface area contributed by atoms with Crippen LogP contribution in [0, 0.1) is 0 Å². The van der Waals surface area contributed by atoms with Gasteiger partial charge >= 0.3 is 0 Å². The van der Waals surface area contributed by atoms with Gasteiger partial charge in [0, 0.05) is 75.7 Å². The van der Waals surface area contributed by atoms with Crippen LogP contribution in [-0.2, 0) is 0 Å². The summed E-state index contributed by atoms with van der Waals surface area (Å²) < 4.78 is 0. The molecule has 8 nitrogen and oxygen atoms in total. The molecule has 1 aromatic heterocycles. The molecule has 0 unspecified atom stereocenters. The zero-order valence-corrected chi connectivity index (χ0v) is 23.3. The van der Waals surface area contributed by atoms with Crippen molar-refractivity contribution in [3.63, 3.8) is 0 Å². The van der Waals surface area contributed by atoms with Crippen LogP contribution in [-0.4, -0.2) is 85.0 Å². The number of benzene rings is 2. The third-order valence-corrected chi connectivity index (χ3v) is 7.56. The first-order chi connectivity index (χ1) is 18.9. The Hall–Kier alpha value is -3.78. The van der Waals surface area contributed by atoms with Crippen LogP contribution in [0.15, 0.2) is 66.9 Å². The third-order valence-electron chi connectivity index (χ3n) is 7.24. The minimum absolute atomic E-state index is 0.0106. The molecular formula is C30H35ClN6O2. The highest BCUT2D eigenvalue weighted by Crippen LogP contribution is 2.27. The lowest BCUT2D eigenvalue weighted by atomic mass is 10.1. The molecule has 2 amide bonds. The number of carbonyl (C=O) groups excluding carboxylic acids is 2. The van der Waals surface area contributed by atoms with Gasteiger partial charge in [-0.25, -0.2) is 4.98 Å². The van der Waals surface area contributed by atoms with E-state index in [9.17, 15) is 9.59 Å². The van der Waals surface area contributed by atoms with Gasteiger partial charge in [0.2, 0.25) is 0 Å². The Morgan fingerprint density at radius 1 is 0.744 bits per heavy atom. The van der Waals surface area contributed by atoms with Crippen molar-refractivity contribution >= 4 is 40.6 Å². The molecule has 1 N–H and O–H groups in total. The fourth-order valence-corrected chi connectivity index (χ4v) is 5.43. The molecule has 9 heteroatoms. The fourth-order valence-electron chi connectivity index (χ4n) is 5.17. The van der Waals surface area contributed by atoms with Gasteiger partial charge in [0.1, 0.15) is 0 Å². The Labute approximate surface area is 235 Å². The van der Waals surface area contributed by atoms with Gasteiger partial charge in [-0.05, 0) is 62.4 Å². The molecule has 0 radical (unpaired) electrons. The Morgan fingerprint density at radius 2 is 1.28 bits per heavy atom. The molecule has 0 bridgehead atoms. The maximum Gasteiger partial charge on any atom is 0.253 e. The average molecular weight is 547 g/mol. The van der Waals surface area contributed by atoms with E-state index in [2.05, 4.69) is 33.9 Å². The molecule has 0 saturated carbocycles. The van der Waals surface area contributed by atoms with Crippen LogP contribution in [0.25, 0.3) is 0 Å². The number of hydrogen-bond donors (Lipinski definition) is 1. The predicted molar refractivity (Wildman–Crippen MR) is 157 cm³/mol. The third kappa shape index (κ3) is 6.11. The first-order valence-corrected chi connectivity index (χ1v) is 13.9. The van der Waals surface area contributed by atoms with E-state index in [1.54, 1.807) is 30.5 Å². The molecule has 2 aliphatic heterocycles. The zero-order chi connectivity index (χ0) is 27.4. The van der Waals surface area contributed by atoms with Crippen molar-refractivity contribution in [2.24, 2.45) is 0 Å². The lowest BCUT2D eigenvalue weighted by Gasteiger charge is -2.36. The number of hydrogen-bond acceptors (Lipinski definition) is 6. The van der Waals surface area contributed by atoms with E-state index < -0.39 is 0 Å². The predicted octanol–water partition coefficient (Wildman–Crippen LogP) is 4.48. The second kappa shape index (κ2) is 11.9. The van der Waals surface area contributed by atoms with Crippen molar-refractivity contribution in [1.29, 1.82) is 0 Å². The van der Waals surface area contributed by atoms with Crippen LogP contribution < -0.4 is 15.1 Å². The van der Waals surface area contributed by atoms with E-state index in [1.165, 1.54) is 0 Å². The van der Waals surface area contributed by atoms with E-state index in [0.717, 1.165) is 35.3 Å². The standard InChI is InChI=1S/C30H35ClN6O2/c1-22(2)33-26-7-5-13-32-28(26)35-16-20-37(21-17-35)30(39)24-11-9-23(10-12-24)29(38)36-18-14-34(15-19-36)27-8-4-3-6-25(27)31/h3-13,22,33H,14-21H2,1-2H3. The first kappa shape index (κ1) is 26.8. The zero-order valence-electron chi connectivity index (χ0n) is 22.5. The molecule has 2 aromatic carbocycles. The summed E-state index contributed by atoms with van der Waals surface area (Å²) in [6, 6.07) is 19.2. The van der Waals surface area contributed by atoms with Crippen molar-refractivity contribution in [3.8, 4) is 0 Å². The number of piperazine rings is 2. The maximum absolute atomic E-state index is 13.2. The molecule has 2 fully saturated rings. The first-order valence-electron chi connectivity index (χ1n) is 13.6. The van der Waals surface area contributed by atoms with Crippen LogP contribution in [0.4, 0.5) is 17.2 Å². The molecule has 2 aliphatic rings. The normalized spacial score (nSPS) is 16.0. The Kier molecular flexibility index (Phi) is 8.21. The van der Waals surface area contributed by atoms with Crippen LogP contribution in [0.1, 0.15) is 34.6 Å². The van der Waals surface area contributed by atoms with Gasteiger partial charge in [0.15, 0.2) is 5.82 Å². The van der Waals surface area contributed by atoms with E-state index in [1.807, 2.05) is 46.2 Å². The van der Waals surface area contributed by atoms with Crippen LogP contribution in [0.2, 0.25) is 5.02 Å². The number of aromatic nitrogens is 1. The summed E-state index contributed by atoms with van der Waals surface area (Å²) in [6.07, 6.45) is 1.81. The number of rotatable bonds is 6. The number of pyridine rings is 1. The minimum Gasteiger partial charge on any atom is -0.380 e. The van der Waals surface area contributed by atoms with Crippen LogP contribution >= 0.6 is 11.6 Å². The van der Waals surface area contributed by atoms with Gasteiger partial charge < -0.3 is 24.9 Å². The summed E-state index contributed by atoms with van der Waals surface area (Å²) in [5.74, 6) is 0.903. The van der Waals surface area contributed by atoms with Crippen molar-refractivity contribution < 1.29 is 9.59 Å². The monoisotopic (exact) mass is 546 g/mol. The summed E-state index contributed by atoms with van der Waals surface area (Å²) in [6.45, 7) is 9.58. The molecular weight excluding hydrogens is 512 g/mol. The molecule has 0 atom stereocenters. The van der Waals surface area contributed by atoms with Gasteiger partial charge in [-0.15, -0.1) is 0 Å². The molecule has 0 aliphatic carbocycles. The molecule has 2 saturated heterocycles. The summed E-state index contributed by atoms with van der Waals surface area (Å²) in [4.78, 5) is 39.1. The van der Waals surface area contributed by atoms with Crippen LogP contribution in [0.5, 0.6) is 0 Å². The lowest BCUT2D eigenvalue weighted by molar-refractivity contribution is 0.0734. The van der Waals surface area contributed by atoms with E-state index >= 15 is 0 Å². The highest BCUT2D eigenvalue weighted by atomic mass is 35.5. The quantitative estimate of drug-likeness (QED) is 0.491. The number of nitrogens with zero attached hydrogens (tertiary/aromatic N) is 5. The van der Waals surface area contributed by atoms with Gasteiger partial charge in [0.25, 0.3) is 11.8 Å².